The van der Waals surface area contributed by atoms with Crippen LogP contribution in [0.4, 0.5) is 10.1 Å². The molecule has 0 bridgehead atoms. The van der Waals surface area contributed by atoms with Gasteiger partial charge < -0.3 is 5.32 Å². The number of hydrogen-bond acceptors (Lipinski definition) is 1. The molecule has 0 heterocycles. The summed E-state index contributed by atoms with van der Waals surface area (Å²) >= 11 is 0. The molecule has 0 amide bonds. The average molecular weight is 412 g/mol. The van der Waals surface area contributed by atoms with E-state index in [1.54, 1.807) is 6.07 Å². The van der Waals surface area contributed by atoms with E-state index < -0.39 is 0 Å². The first-order chi connectivity index (χ1) is 14.2. The molecule has 0 aliphatic heterocycles. The third-order valence-corrected chi connectivity index (χ3v) is 5.83. The van der Waals surface area contributed by atoms with Crippen molar-refractivity contribution in [3.8, 4) is 0 Å². The van der Waals surface area contributed by atoms with Crippen LogP contribution < -0.4 is 5.32 Å². The van der Waals surface area contributed by atoms with E-state index in [0.29, 0.717) is 5.92 Å². The molecular weight excluding hydrogens is 369 g/mol. The third kappa shape index (κ3) is 8.73. The number of hydrogen-bond donors (Lipinski definition) is 1. The standard InChI is InChI=1S/C18H28FN.C10H14/c1-6-8-13(3)11-14(4)17(7-2)20-18-10-9-16(19)12-15(18)5;1-4-10-6-5-8(2)9(3)7-10/h7,9-10,12-14,20H,6,8,11H2,1-5H3;5-7H,4H2,1-3H3/b17-7-;. The van der Waals surface area contributed by atoms with Gasteiger partial charge in [-0.25, -0.2) is 4.39 Å². The summed E-state index contributed by atoms with van der Waals surface area (Å²) < 4.78 is 13.1. The van der Waals surface area contributed by atoms with Crippen molar-refractivity contribution in [3.63, 3.8) is 0 Å². The summed E-state index contributed by atoms with van der Waals surface area (Å²) in [4.78, 5) is 0. The molecule has 30 heavy (non-hydrogen) atoms. The van der Waals surface area contributed by atoms with E-state index in [9.17, 15) is 4.39 Å². The van der Waals surface area contributed by atoms with Crippen LogP contribution in [-0.4, -0.2) is 0 Å². The molecule has 2 aromatic rings. The Morgan fingerprint density at radius 1 is 0.967 bits per heavy atom. The molecular formula is C28H42FN. The number of aryl methyl sites for hydroxylation is 4. The molecule has 2 rings (SSSR count). The highest BCUT2D eigenvalue weighted by atomic mass is 19.1. The van der Waals surface area contributed by atoms with Gasteiger partial charge in [0.2, 0.25) is 0 Å². The second-order valence-corrected chi connectivity index (χ2v) is 8.63. The fourth-order valence-corrected chi connectivity index (χ4v) is 3.77. The minimum absolute atomic E-state index is 0.181. The molecule has 2 unspecified atom stereocenters. The smallest absolute Gasteiger partial charge is 0.123 e. The number of nitrogens with one attached hydrogen (secondary N) is 1. The highest BCUT2D eigenvalue weighted by Gasteiger charge is 2.13. The lowest BCUT2D eigenvalue weighted by molar-refractivity contribution is 0.424. The maximum Gasteiger partial charge on any atom is 0.123 e. The van der Waals surface area contributed by atoms with E-state index in [-0.39, 0.29) is 5.82 Å². The van der Waals surface area contributed by atoms with Gasteiger partial charge in [-0.2, -0.15) is 0 Å². The summed E-state index contributed by atoms with van der Waals surface area (Å²) in [5.41, 5.74) is 7.38. The van der Waals surface area contributed by atoms with Crippen LogP contribution in [0.1, 0.15) is 76.1 Å². The predicted molar refractivity (Wildman–Crippen MR) is 132 cm³/mol. The zero-order valence-corrected chi connectivity index (χ0v) is 20.4. The first kappa shape index (κ1) is 25.9. The monoisotopic (exact) mass is 411 g/mol. The Morgan fingerprint density at radius 3 is 2.20 bits per heavy atom. The van der Waals surface area contributed by atoms with Crippen molar-refractivity contribution in [1.82, 2.24) is 0 Å². The summed E-state index contributed by atoms with van der Waals surface area (Å²) in [6, 6.07) is 11.5. The molecule has 0 aliphatic rings. The fourth-order valence-electron chi connectivity index (χ4n) is 3.77. The molecule has 2 aromatic carbocycles. The molecule has 0 aromatic heterocycles. The van der Waals surface area contributed by atoms with Crippen LogP contribution in [0.3, 0.4) is 0 Å². The molecule has 0 spiro atoms. The summed E-state index contributed by atoms with van der Waals surface area (Å²) in [5, 5.41) is 3.47. The van der Waals surface area contributed by atoms with E-state index in [1.807, 2.05) is 13.0 Å². The zero-order valence-electron chi connectivity index (χ0n) is 20.4. The summed E-state index contributed by atoms with van der Waals surface area (Å²) in [6.07, 6.45) is 6.97. The van der Waals surface area contributed by atoms with Crippen molar-refractivity contribution in [1.29, 1.82) is 0 Å². The van der Waals surface area contributed by atoms with Gasteiger partial charge in [0.25, 0.3) is 0 Å². The Balaban J connectivity index is 0.000000375. The van der Waals surface area contributed by atoms with Gasteiger partial charge in [0.15, 0.2) is 0 Å². The van der Waals surface area contributed by atoms with E-state index in [1.165, 1.54) is 47.7 Å². The molecule has 1 N–H and O–H groups in total. The zero-order chi connectivity index (χ0) is 22.7. The lowest BCUT2D eigenvalue weighted by Crippen LogP contribution is -2.13. The van der Waals surface area contributed by atoms with Crippen molar-refractivity contribution in [2.75, 3.05) is 5.32 Å². The second-order valence-electron chi connectivity index (χ2n) is 8.63. The third-order valence-electron chi connectivity index (χ3n) is 5.83. The van der Waals surface area contributed by atoms with Crippen LogP contribution in [0, 0.1) is 38.4 Å². The molecule has 0 radical (unpaired) electrons. The second kappa shape index (κ2) is 13.3. The Labute approximate surface area is 184 Å². The number of benzene rings is 2. The van der Waals surface area contributed by atoms with E-state index in [2.05, 4.69) is 78.1 Å². The number of rotatable bonds is 8. The van der Waals surface area contributed by atoms with Gasteiger partial charge in [-0.15, -0.1) is 0 Å². The van der Waals surface area contributed by atoms with Gasteiger partial charge in [-0.3, -0.25) is 0 Å². The van der Waals surface area contributed by atoms with Crippen molar-refractivity contribution in [2.24, 2.45) is 11.8 Å². The first-order valence-electron chi connectivity index (χ1n) is 11.5. The highest BCUT2D eigenvalue weighted by molar-refractivity contribution is 5.54. The van der Waals surface area contributed by atoms with Crippen molar-refractivity contribution in [3.05, 3.63) is 76.2 Å². The summed E-state index contributed by atoms with van der Waals surface area (Å²) in [6.45, 7) is 17.3. The minimum Gasteiger partial charge on any atom is -0.359 e. The van der Waals surface area contributed by atoms with Gasteiger partial charge in [0.05, 0.1) is 0 Å². The van der Waals surface area contributed by atoms with Crippen molar-refractivity contribution < 1.29 is 4.39 Å². The quantitative estimate of drug-likeness (QED) is 0.457. The van der Waals surface area contributed by atoms with Crippen LogP contribution in [0.25, 0.3) is 0 Å². The van der Waals surface area contributed by atoms with Crippen LogP contribution in [0.15, 0.2) is 48.2 Å². The van der Waals surface area contributed by atoms with Crippen molar-refractivity contribution >= 4 is 5.69 Å². The first-order valence-corrected chi connectivity index (χ1v) is 11.5. The number of allylic oxidation sites excluding steroid dienone is 2. The lowest BCUT2D eigenvalue weighted by atomic mass is 9.91. The molecule has 0 fully saturated rings. The summed E-state index contributed by atoms with van der Waals surface area (Å²) in [7, 11) is 0. The number of halogens is 1. The Kier molecular flexibility index (Phi) is 11.5. The maximum absolute atomic E-state index is 13.1. The normalized spacial score (nSPS) is 13.3. The maximum atomic E-state index is 13.1. The van der Waals surface area contributed by atoms with Crippen LogP contribution in [0.2, 0.25) is 0 Å². The molecule has 1 nitrogen and oxygen atoms in total. The fraction of sp³-hybridized carbons (Fsp3) is 0.500. The van der Waals surface area contributed by atoms with E-state index >= 15 is 0 Å². The van der Waals surface area contributed by atoms with Gasteiger partial charge in [0.1, 0.15) is 5.82 Å². The van der Waals surface area contributed by atoms with Crippen LogP contribution >= 0.6 is 0 Å². The Bertz CT molecular complexity index is 806. The van der Waals surface area contributed by atoms with Crippen LogP contribution in [-0.2, 0) is 6.42 Å². The van der Waals surface area contributed by atoms with Gasteiger partial charge in [-0.1, -0.05) is 64.8 Å². The van der Waals surface area contributed by atoms with Crippen molar-refractivity contribution in [2.45, 2.75) is 81.1 Å². The highest BCUT2D eigenvalue weighted by Crippen LogP contribution is 2.26. The topological polar surface area (TPSA) is 12.0 Å². The minimum atomic E-state index is -0.181. The Hall–Kier alpha value is -2.09. The molecule has 2 atom stereocenters. The van der Waals surface area contributed by atoms with Crippen LogP contribution in [0.5, 0.6) is 0 Å². The predicted octanol–water partition coefficient (Wildman–Crippen LogP) is 8.78. The molecule has 0 aliphatic carbocycles. The molecule has 2 heteroatoms. The SMILES string of the molecule is C/C=C(\Nc1ccc(F)cc1C)C(C)CC(C)CCC.CCc1ccc(C)c(C)c1. The van der Waals surface area contributed by atoms with E-state index in [0.717, 1.165) is 23.6 Å². The van der Waals surface area contributed by atoms with E-state index in [4.69, 9.17) is 0 Å². The Morgan fingerprint density at radius 2 is 1.67 bits per heavy atom. The summed E-state index contributed by atoms with van der Waals surface area (Å²) in [5.74, 6) is 1.05. The lowest BCUT2D eigenvalue weighted by Gasteiger charge is -2.22. The van der Waals surface area contributed by atoms with Gasteiger partial charge in [0, 0.05) is 11.4 Å². The van der Waals surface area contributed by atoms with Gasteiger partial charge >= 0.3 is 0 Å². The number of anilines is 1. The molecule has 0 saturated heterocycles. The molecule has 166 valence electrons. The largest absolute Gasteiger partial charge is 0.359 e. The molecule has 0 saturated carbocycles. The van der Waals surface area contributed by atoms with Gasteiger partial charge in [-0.05, 0) is 92.8 Å². The average Bonchev–Trinajstić information content (AvgIpc) is 2.70.